The lowest BCUT2D eigenvalue weighted by Crippen LogP contribution is -1.81. The monoisotopic (exact) mass is 168 g/mol. The van der Waals surface area contributed by atoms with Crippen molar-refractivity contribution >= 4 is 11.6 Å². The Morgan fingerprint density at radius 3 is 2.91 bits per heavy atom. The summed E-state index contributed by atoms with van der Waals surface area (Å²) in [6.45, 7) is 3.57. The van der Waals surface area contributed by atoms with Gasteiger partial charge in [-0.25, -0.2) is 0 Å². The van der Waals surface area contributed by atoms with Crippen LogP contribution in [0.4, 0.5) is 0 Å². The highest BCUT2D eigenvalue weighted by atomic mass is 35.5. The molecule has 0 atom stereocenters. The van der Waals surface area contributed by atoms with E-state index < -0.39 is 0 Å². The number of phenolic OH excluding ortho intramolecular Hbond substituents is 1. The Bertz CT molecular complexity index is 268. The summed E-state index contributed by atoms with van der Waals surface area (Å²) in [5.74, 6) is 0.273. The van der Waals surface area contributed by atoms with Crippen LogP contribution >= 0.6 is 11.6 Å². The third-order valence-electron chi connectivity index (χ3n) is 1.41. The summed E-state index contributed by atoms with van der Waals surface area (Å²) in [5, 5.41) is 9.90. The number of halogens is 1. The lowest BCUT2D eigenvalue weighted by Gasteiger charge is -2.00. The Labute approximate surface area is 70.9 Å². The molecule has 1 aromatic rings. The number of hydrogen-bond donors (Lipinski definition) is 1. The number of allylic oxidation sites excluding steroid dienone is 1. The van der Waals surface area contributed by atoms with Crippen LogP contribution in [0, 0.1) is 0 Å². The van der Waals surface area contributed by atoms with Crippen LogP contribution in [0.2, 0.25) is 5.02 Å². The summed E-state index contributed by atoms with van der Waals surface area (Å²) >= 11 is 5.71. The Morgan fingerprint density at radius 1 is 1.55 bits per heavy atom. The van der Waals surface area contributed by atoms with E-state index in [1.165, 1.54) is 0 Å². The van der Waals surface area contributed by atoms with Crippen LogP contribution < -0.4 is 0 Å². The second kappa shape index (κ2) is 3.44. The third-order valence-corrected chi connectivity index (χ3v) is 1.64. The lowest BCUT2D eigenvalue weighted by atomic mass is 10.1. The van der Waals surface area contributed by atoms with Crippen molar-refractivity contribution in [2.45, 2.75) is 6.42 Å². The van der Waals surface area contributed by atoms with Crippen LogP contribution in [-0.2, 0) is 6.42 Å². The zero-order chi connectivity index (χ0) is 8.27. The van der Waals surface area contributed by atoms with E-state index >= 15 is 0 Å². The maximum absolute atomic E-state index is 9.26. The molecular formula is C9H9ClO. The molecule has 11 heavy (non-hydrogen) atoms. The molecule has 0 amide bonds. The topological polar surface area (TPSA) is 20.2 Å². The van der Waals surface area contributed by atoms with Crippen molar-refractivity contribution in [1.29, 1.82) is 0 Å². The van der Waals surface area contributed by atoms with Gasteiger partial charge >= 0.3 is 0 Å². The van der Waals surface area contributed by atoms with Crippen molar-refractivity contribution in [3.8, 4) is 5.75 Å². The van der Waals surface area contributed by atoms with E-state index in [1.807, 2.05) is 0 Å². The van der Waals surface area contributed by atoms with E-state index in [9.17, 15) is 5.11 Å². The van der Waals surface area contributed by atoms with Crippen LogP contribution in [0.3, 0.4) is 0 Å². The fourth-order valence-corrected chi connectivity index (χ4v) is 1.07. The second-order valence-electron chi connectivity index (χ2n) is 2.27. The van der Waals surface area contributed by atoms with Crippen LogP contribution in [0.15, 0.2) is 30.9 Å². The summed E-state index contributed by atoms with van der Waals surface area (Å²) in [6.07, 6.45) is 2.37. The first-order chi connectivity index (χ1) is 5.24. The number of rotatable bonds is 2. The van der Waals surface area contributed by atoms with Crippen LogP contribution in [0.1, 0.15) is 5.56 Å². The normalized spacial score (nSPS) is 9.55. The van der Waals surface area contributed by atoms with E-state index in [4.69, 9.17) is 11.6 Å². The molecule has 0 bridgehead atoms. The van der Waals surface area contributed by atoms with Gasteiger partial charge in [0, 0.05) is 5.02 Å². The highest BCUT2D eigenvalue weighted by Crippen LogP contribution is 2.21. The highest BCUT2D eigenvalue weighted by Gasteiger charge is 1.98. The maximum atomic E-state index is 9.26. The summed E-state index contributed by atoms with van der Waals surface area (Å²) in [6, 6.07) is 4.98. The molecule has 0 heterocycles. The van der Waals surface area contributed by atoms with Gasteiger partial charge in [-0.15, -0.1) is 6.58 Å². The van der Waals surface area contributed by atoms with Gasteiger partial charge in [0.15, 0.2) is 0 Å². The SMILES string of the molecule is C=CCc1cc(Cl)ccc1O. The number of benzene rings is 1. The average Bonchev–Trinajstić information content (AvgIpc) is 1.98. The van der Waals surface area contributed by atoms with Gasteiger partial charge in [-0.3, -0.25) is 0 Å². The fourth-order valence-electron chi connectivity index (χ4n) is 0.873. The smallest absolute Gasteiger partial charge is 0.119 e. The zero-order valence-electron chi connectivity index (χ0n) is 6.05. The minimum absolute atomic E-state index is 0.273. The van der Waals surface area contributed by atoms with Crippen molar-refractivity contribution in [3.63, 3.8) is 0 Å². The molecule has 1 nitrogen and oxygen atoms in total. The molecule has 0 unspecified atom stereocenters. The van der Waals surface area contributed by atoms with E-state index in [0.717, 1.165) is 5.56 Å². The van der Waals surface area contributed by atoms with E-state index in [1.54, 1.807) is 24.3 Å². The Kier molecular flexibility index (Phi) is 2.55. The molecule has 0 saturated carbocycles. The largest absolute Gasteiger partial charge is 0.508 e. The summed E-state index contributed by atoms with van der Waals surface area (Å²) < 4.78 is 0. The van der Waals surface area contributed by atoms with Gasteiger partial charge < -0.3 is 5.11 Å². The molecule has 2 heteroatoms. The lowest BCUT2D eigenvalue weighted by molar-refractivity contribution is 0.470. The first-order valence-corrected chi connectivity index (χ1v) is 3.70. The van der Waals surface area contributed by atoms with Gasteiger partial charge in [-0.05, 0) is 30.2 Å². The van der Waals surface area contributed by atoms with Gasteiger partial charge in [0.05, 0.1) is 0 Å². The van der Waals surface area contributed by atoms with E-state index in [0.29, 0.717) is 11.4 Å². The molecular weight excluding hydrogens is 160 g/mol. The molecule has 0 aromatic heterocycles. The van der Waals surface area contributed by atoms with E-state index in [-0.39, 0.29) is 5.75 Å². The van der Waals surface area contributed by atoms with Crippen LogP contribution in [0.5, 0.6) is 5.75 Å². The second-order valence-corrected chi connectivity index (χ2v) is 2.70. The zero-order valence-corrected chi connectivity index (χ0v) is 6.80. The Hall–Kier alpha value is -0.950. The Morgan fingerprint density at radius 2 is 2.27 bits per heavy atom. The van der Waals surface area contributed by atoms with Gasteiger partial charge in [0.25, 0.3) is 0 Å². The minimum Gasteiger partial charge on any atom is -0.508 e. The summed E-state index contributed by atoms with van der Waals surface area (Å²) in [4.78, 5) is 0. The molecule has 0 radical (unpaired) electrons. The summed E-state index contributed by atoms with van der Waals surface area (Å²) in [7, 11) is 0. The van der Waals surface area contributed by atoms with Crippen LogP contribution in [-0.4, -0.2) is 5.11 Å². The van der Waals surface area contributed by atoms with Gasteiger partial charge in [-0.2, -0.15) is 0 Å². The highest BCUT2D eigenvalue weighted by molar-refractivity contribution is 6.30. The summed E-state index contributed by atoms with van der Waals surface area (Å²) in [5.41, 5.74) is 0.813. The van der Waals surface area contributed by atoms with Crippen molar-refractivity contribution in [3.05, 3.63) is 41.4 Å². The molecule has 0 aliphatic carbocycles. The van der Waals surface area contributed by atoms with E-state index in [2.05, 4.69) is 6.58 Å². The molecule has 1 rings (SSSR count). The molecule has 0 aliphatic rings. The fraction of sp³-hybridized carbons (Fsp3) is 0.111. The number of hydrogen-bond acceptors (Lipinski definition) is 1. The van der Waals surface area contributed by atoms with Gasteiger partial charge in [0.2, 0.25) is 0 Å². The van der Waals surface area contributed by atoms with Gasteiger partial charge in [0.1, 0.15) is 5.75 Å². The quantitative estimate of drug-likeness (QED) is 0.674. The molecule has 58 valence electrons. The van der Waals surface area contributed by atoms with Crippen molar-refractivity contribution in [2.24, 2.45) is 0 Å². The predicted molar refractivity (Wildman–Crippen MR) is 47.0 cm³/mol. The minimum atomic E-state index is 0.273. The van der Waals surface area contributed by atoms with Crippen molar-refractivity contribution in [2.75, 3.05) is 0 Å². The van der Waals surface area contributed by atoms with Crippen LogP contribution in [0.25, 0.3) is 0 Å². The number of aromatic hydroxyl groups is 1. The molecule has 1 aromatic carbocycles. The predicted octanol–water partition coefficient (Wildman–Crippen LogP) is 2.77. The standard InChI is InChI=1S/C9H9ClO/c1-2-3-7-6-8(10)4-5-9(7)11/h2,4-6,11H,1,3H2. The first kappa shape index (κ1) is 8.15. The van der Waals surface area contributed by atoms with Crippen molar-refractivity contribution in [1.82, 2.24) is 0 Å². The molecule has 0 saturated heterocycles. The molecule has 0 spiro atoms. The van der Waals surface area contributed by atoms with Crippen molar-refractivity contribution < 1.29 is 5.11 Å². The molecule has 0 aliphatic heterocycles. The third kappa shape index (κ3) is 1.99. The Balaban J connectivity index is 3.01. The first-order valence-electron chi connectivity index (χ1n) is 3.32. The number of phenols is 1. The molecule has 0 fully saturated rings. The van der Waals surface area contributed by atoms with Gasteiger partial charge in [-0.1, -0.05) is 17.7 Å². The maximum Gasteiger partial charge on any atom is 0.119 e. The molecule has 1 N–H and O–H groups in total. The average molecular weight is 169 g/mol.